The van der Waals surface area contributed by atoms with E-state index in [1.807, 2.05) is 11.8 Å². The van der Waals surface area contributed by atoms with Gasteiger partial charge in [0, 0.05) is 23.9 Å². The summed E-state index contributed by atoms with van der Waals surface area (Å²) in [5.74, 6) is 0.521. The van der Waals surface area contributed by atoms with E-state index < -0.39 is 5.97 Å². The zero-order chi connectivity index (χ0) is 12.3. The number of carboxylic acid groups (broad SMARTS) is 1. The number of hydrogen-bond donors (Lipinski definition) is 1. The minimum atomic E-state index is -0.721. The van der Waals surface area contributed by atoms with Crippen LogP contribution in [0.4, 0.5) is 0 Å². The van der Waals surface area contributed by atoms with Crippen LogP contribution in [0.25, 0.3) is 0 Å². The molecule has 0 aromatic heterocycles. The summed E-state index contributed by atoms with van der Waals surface area (Å²) in [7, 11) is 0. The van der Waals surface area contributed by atoms with Crippen molar-refractivity contribution in [1.29, 1.82) is 0 Å². The maximum absolute atomic E-state index is 10.9. The fraction of sp³-hybridized carbons (Fsp3) is 0.917. The number of carboxylic acids is 1. The highest BCUT2D eigenvalue weighted by Gasteiger charge is 2.34. The van der Waals surface area contributed by atoms with Crippen LogP contribution in [0, 0.1) is 0 Å². The molecule has 0 radical (unpaired) electrons. The molecular weight excluding hydrogens is 238 g/mol. The molecule has 0 aliphatic carbocycles. The van der Waals surface area contributed by atoms with Gasteiger partial charge in [-0.2, -0.15) is 11.8 Å². The van der Waals surface area contributed by atoms with Crippen molar-refractivity contribution in [2.24, 2.45) is 0 Å². The number of nitrogens with zero attached hydrogens (tertiary/aromatic N) is 1. The van der Waals surface area contributed by atoms with Gasteiger partial charge in [-0.1, -0.05) is 6.92 Å². The molecule has 0 spiro atoms. The van der Waals surface area contributed by atoms with Gasteiger partial charge in [-0.05, 0) is 18.6 Å². The fourth-order valence-corrected chi connectivity index (χ4v) is 4.04. The molecule has 3 unspecified atom stereocenters. The van der Waals surface area contributed by atoms with Gasteiger partial charge in [0.05, 0.1) is 19.6 Å². The quantitative estimate of drug-likeness (QED) is 0.831. The molecule has 0 bridgehead atoms. The SMILES string of the molecule is CC1SCCCC1N1CCOCC1CC(=O)O. The van der Waals surface area contributed by atoms with E-state index in [1.165, 1.54) is 18.6 Å². The summed E-state index contributed by atoms with van der Waals surface area (Å²) in [6.07, 6.45) is 2.65. The number of aliphatic carboxylic acids is 1. The van der Waals surface area contributed by atoms with Gasteiger partial charge in [0.2, 0.25) is 0 Å². The standard InChI is InChI=1S/C12H21NO3S/c1-9-11(3-2-6-17-9)13-4-5-16-8-10(13)7-12(14)15/h9-11H,2-8H2,1H3,(H,14,15). The molecule has 1 N–H and O–H groups in total. The Morgan fingerprint density at radius 1 is 1.59 bits per heavy atom. The van der Waals surface area contributed by atoms with Crippen LogP contribution in [0.1, 0.15) is 26.2 Å². The molecule has 0 saturated carbocycles. The largest absolute Gasteiger partial charge is 0.481 e. The lowest BCUT2D eigenvalue weighted by Crippen LogP contribution is -2.55. The van der Waals surface area contributed by atoms with Gasteiger partial charge in [0.15, 0.2) is 0 Å². The molecule has 2 rings (SSSR count). The fourth-order valence-electron chi connectivity index (χ4n) is 2.82. The molecule has 17 heavy (non-hydrogen) atoms. The average molecular weight is 259 g/mol. The zero-order valence-electron chi connectivity index (χ0n) is 10.3. The Bertz CT molecular complexity index is 274. The lowest BCUT2D eigenvalue weighted by Gasteiger charge is -2.44. The molecule has 0 amide bonds. The Kier molecular flexibility index (Phi) is 4.70. The number of carbonyl (C=O) groups is 1. The highest BCUT2D eigenvalue weighted by molar-refractivity contribution is 7.99. The number of hydrogen-bond acceptors (Lipinski definition) is 4. The predicted octanol–water partition coefficient (Wildman–Crippen LogP) is 1.45. The molecule has 2 aliphatic heterocycles. The van der Waals surface area contributed by atoms with Crippen LogP contribution in [0.2, 0.25) is 0 Å². The maximum Gasteiger partial charge on any atom is 0.305 e. The van der Waals surface area contributed by atoms with Crippen LogP contribution in [0.15, 0.2) is 0 Å². The molecule has 4 nitrogen and oxygen atoms in total. The minimum Gasteiger partial charge on any atom is -0.481 e. The van der Waals surface area contributed by atoms with Crippen molar-refractivity contribution in [2.45, 2.75) is 43.5 Å². The number of rotatable bonds is 3. The number of thioether (sulfide) groups is 1. The van der Waals surface area contributed by atoms with Crippen molar-refractivity contribution in [3.63, 3.8) is 0 Å². The summed E-state index contributed by atoms with van der Waals surface area (Å²) >= 11 is 2.01. The summed E-state index contributed by atoms with van der Waals surface area (Å²) in [6.45, 7) is 4.46. The molecule has 0 aromatic rings. The first-order chi connectivity index (χ1) is 8.18. The molecule has 98 valence electrons. The topological polar surface area (TPSA) is 49.8 Å². The van der Waals surface area contributed by atoms with Crippen molar-refractivity contribution in [3.05, 3.63) is 0 Å². The average Bonchev–Trinajstić information content (AvgIpc) is 2.30. The second-order valence-electron chi connectivity index (χ2n) is 4.85. The first-order valence-corrected chi connectivity index (χ1v) is 7.40. The highest BCUT2D eigenvalue weighted by atomic mass is 32.2. The first-order valence-electron chi connectivity index (χ1n) is 6.35. The molecular formula is C12H21NO3S. The minimum absolute atomic E-state index is 0.0624. The smallest absolute Gasteiger partial charge is 0.305 e. The zero-order valence-corrected chi connectivity index (χ0v) is 11.1. The highest BCUT2D eigenvalue weighted by Crippen LogP contribution is 2.31. The third kappa shape index (κ3) is 3.36. The van der Waals surface area contributed by atoms with E-state index in [0.29, 0.717) is 17.9 Å². The van der Waals surface area contributed by atoms with Gasteiger partial charge >= 0.3 is 5.97 Å². The Morgan fingerprint density at radius 3 is 3.12 bits per heavy atom. The second-order valence-corrected chi connectivity index (χ2v) is 6.34. The van der Waals surface area contributed by atoms with E-state index in [4.69, 9.17) is 9.84 Å². The van der Waals surface area contributed by atoms with E-state index in [1.54, 1.807) is 0 Å². The molecule has 2 aliphatic rings. The Labute approximate surface area is 107 Å². The van der Waals surface area contributed by atoms with Crippen molar-refractivity contribution >= 4 is 17.7 Å². The van der Waals surface area contributed by atoms with E-state index in [0.717, 1.165) is 13.2 Å². The lowest BCUT2D eigenvalue weighted by molar-refractivity contribution is -0.141. The maximum atomic E-state index is 10.9. The monoisotopic (exact) mass is 259 g/mol. The van der Waals surface area contributed by atoms with Crippen LogP contribution in [-0.4, -0.2) is 58.8 Å². The number of ether oxygens (including phenoxy) is 1. The van der Waals surface area contributed by atoms with Crippen molar-refractivity contribution in [2.75, 3.05) is 25.5 Å². The number of morpholine rings is 1. The Morgan fingerprint density at radius 2 is 2.41 bits per heavy atom. The summed E-state index contributed by atoms with van der Waals surface area (Å²) in [4.78, 5) is 13.3. The van der Waals surface area contributed by atoms with Crippen LogP contribution >= 0.6 is 11.8 Å². The van der Waals surface area contributed by atoms with E-state index >= 15 is 0 Å². The van der Waals surface area contributed by atoms with Crippen LogP contribution in [-0.2, 0) is 9.53 Å². The van der Waals surface area contributed by atoms with Crippen molar-refractivity contribution < 1.29 is 14.6 Å². The van der Waals surface area contributed by atoms with Gasteiger partial charge in [0.1, 0.15) is 0 Å². The van der Waals surface area contributed by atoms with Gasteiger partial charge in [-0.15, -0.1) is 0 Å². The lowest BCUT2D eigenvalue weighted by atomic mass is 10.0. The predicted molar refractivity (Wildman–Crippen MR) is 68.5 cm³/mol. The Balaban J connectivity index is 2.01. The third-order valence-corrected chi connectivity index (χ3v) is 5.04. The van der Waals surface area contributed by atoms with Crippen molar-refractivity contribution in [3.8, 4) is 0 Å². The molecule has 2 saturated heterocycles. The van der Waals surface area contributed by atoms with Gasteiger partial charge < -0.3 is 9.84 Å². The second kappa shape index (κ2) is 6.07. The van der Waals surface area contributed by atoms with Crippen LogP contribution < -0.4 is 0 Å². The van der Waals surface area contributed by atoms with Crippen molar-refractivity contribution in [1.82, 2.24) is 4.90 Å². The molecule has 0 aromatic carbocycles. The molecule has 2 fully saturated rings. The van der Waals surface area contributed by atoms with Crippen LogP contribution in [0.3, 0.4) is 0 Å². The van der Waals surface area contributed by atoms with Crippen LogP contribution in [0.5, 0.6) is 0 Å². The normalized spacial score (nSPS) is 35.7. The first kappa shape index (κ1) is 13.2. The van der Waals surface area contributed by atoms with E-state index in [2.05, 4.69) is 11.8 Å². The van der Waals surface area contributed by atoms with Gasteiger partial charge in [-0.25, -0.2) is 0 Å². The molecule has 3 atom stereocenters. The van der Waals surface area contributed by atoms with Gasteiger partial charge in [-0.3, -0.25) is 9.69 Å². The van der Waals surface area contributed by atoms with Gasteiger partial charge in [0.25, 0.3) is 0 Å². The summed E-state index contributed by atoms with van der Waals surface area (Å²) in [6, 6.07) is 0.592. The summed E-state index contributed by atoms with van der Waals surface area (Å²) < 4.78 is 5.43. The summed E-state index contributed by atoms with van der Waals surface area (Å²) in [5.41, 5.74) is 0. The Hall–Kier alpha value is -0.260. The molecule has 5 heteroatoms. The van der Waals surface area contributed by atoms with E-state index in [-0.39, 0.29) is 12.5 Å². The molecule has 2 heterocycles. The van der Waals surface area contributed by atoms with E-state index in [9.17, 15) is 4.79 Å². The third-order valence-electron chi connectivity index (χ3n) is 3.68. The summed E-state index contributed by atoms with van der Waals surface area (Å²) in [5, 5.41) is 9.57.